The molecular formula is C29H32N4O2. The molecule has 0 aromatic heterocycles. The zero-order valence-corrected chi connectivity index (χ0v) is 19.9. The van der Waals surface area contributed by atoms with Gasteiger partial charge >= 0.3 is 0 Å². The average Bonchev–Trinajstić information content (AvgIpc) is 3.22. The van der Waals surface area contributed by atoms with Crippen LogP contribution in [0.1, 0.15) is 36.8 Å². The molecule has 2 aliphatic rings. The van der Waals surface area contributed by atoms with Gasteiger partial charge in [0.25, 0.3) is 5.91 Å². The van der Waals surface area contributed by atoms with Crippen LogP contribution < -0.4 is 21.1 Å². The Morgan fingerprint density at radius 2 is 1.74 bits per heavy atom. The van der Waals surface area contributed by atoms with E-state index in [0.29, 0.717) is 17.9 Å². The van der Waals surface area contributed by atoms with Crippen molar-refractivity contribution in [3.05, 3.63) is 83.9 Å². The monoisotopic (exact) mass is 468 g/mol. The number of rotatable bonds is 8. The minimum Gasteiger partial charge on any atom is -0.494 e. The van der Waals surface area contributed by atoms with Crippen molar-refractivity contribution in [2.75, 3.05) is 42.6 Å². The van der Waals surface area contributed by atoms with E-state index < -0.39 is 0 Å². The number of likely N-dealkylation sites (tertiary alicyclic amines) is 1. The molecule has 2 aliphatic heterocycles. The number of amides is 1. The number of carbonyl (C=O) groups excluding carboxylic acids is 1. The maximum atomic E-state index is 13.0. The number of carbonyl (C=O) groups is 1. The van der Waals surface area contributed by atoms with Gasteiger partial charge in [-0.15, -0.1) is 0 Å². The highest BCUT2D eigenvalue weighted by Crippen LogP contribution is 2.38. The lowest BCUT2D eigenvalue weighted by Crippen LogP contribution is -2.31. The van der Waals surface area contributed by atoms with Gasteiger partial charge in [0.2, 0.25) is 0 Å². The molecule has 0 aliphatic carbocycles. The van der Waals surface area contributed by atoms with Crippen LogP contribution in [0.5, 0.6) is 5.75 Å². The molecule has 0 bridgehead atoms. The van der Waals surface area contributed by atoms with Crippen LogP contribution in [-0.4, -0.2) is 37.0 Å². The molecule has 0 unspecified atom stereocenters. The predicted octanol–water partition coefficient (Wildman–Crippen LogP) is 5.46. The number of nitrogens with one attached hydrogen (secondary N) is 2. The van der Waals surface area contributed by atoms with E-state index in [1.54, 1.807) is 6.07 Å². The number of anilines is 3. The van der Waals surface area contributed by atoms with Crippen molar-refractivity contribution in [2.45, 2.75) is 25.7 Å². The van der Waals surface area contributed by atoms with Gasteiger partial charge in [-0.1, -0.05) is 36.8 Å². The minimum absolute atomic E-state index is 0.148. The first-order chi connectivity index (χ1) is 17.2. The minimum atomic E-state index is -0.148. The molecule has 0 spiro atoms. The van der Waals surface area contributed by atoms with Gasteiger partial charge in [0.05, 0.1) is 17.9 Å². The first kappa shape index (κ1) is 23.0. The highest BCUT2D eigenvalue weighted by molar-refractivity contribution is 6.37. The zero-order valence-electron chi connectivity index (χ0n) is 19.9. The fourth-order valence-electron chi connectivity index (χ4n) is 4.76. The summed E-state index contributed by atoms with van der Waals surface area (Å²) in [7, 11) is 0. The fraction of sp³-hybridized carbons (Fsp3) is 0.276. The van der Waals surface area contributed by atoms with Gasteiger partial charge in [0, 0.05) is 29.2 Å². The Morgan fingerprint density at radius 1 is 0.971 bits per heavy atom. The van der Waals surface area contributed by atoms with Crippen LogP contribution in [0.4, 0.5) is 17.1 Å². The zero-order chi connectivity index (χ0) is 24.0. The molecule has 35 heavy (non-hydrogen) atoms. The normalized spacial score (nSPS) is 17.0. The number of nitrogen functional groups attached to an aromatic ring is 1. The second-order valence-electron chi connectivity index (χ2n) is 9.13. The number of piperidine rings is 1. The summed E-state index contributed by atoms with van der Waals surface area (Å²) in [6, 6.07) is 23.3. The van der Waals surface area contributed by atoms with Crippen LogP contribution in [-0.2, 0) is 4.79 Å². The van der Waals surface area contributed by atoms with Crippen molar-refractivity contribution in [1.29, 1.82) is 0 Å². The van der Waals surface area contributed by atoms with Crippen LogP contribution >= 0.6 is 0 Å². The summed E-state index contributed by atoms with van der Waals surface area (Å²) in [5.74, 6) is 0.699. The maximum Gasteiger partial charge on any atom is 0.258 e. The van der Waals surface area contributed by atoms with Crippen molar-refractivity contribution in [3.63, 3.8) is 0 Å². The van der Waals surface area contributed by atoms with Gasteiger partial charge in [-0.25, -0.2) is 0 Å². The Kier molecular flexibility index (Phi) is 7.00. The smallest absolute Gasteiger partial charge is 0.258 e. The molecule has 2 heterocycles. The van der Waals surface area contributed by atoms with Crippen LogP contribution in [0.25, 0.3) is 11.3 Å². The van der Waals surface area contributed by atoms with Crippen LogP contribution in [0.15, 0.2) is 72.8 Å². The van der Waals surface area contributed by atoms with Gasteiger partial charge in [-0.2, -0.15) is 0 Å². The third kappa shape index (κ3) is 5.49. The number of nitrogens with two attached hydrogens (primary N) is 1. The second kappa shape index (κ2) is 10.7. The lowest BCUT2D eigenvalue weighted by molar-refractivity contribution is -0.110. The highest BCUT2D eigenvalue weighted by atomic mass is 16.5. The van der Waals surface area contributed by atoms with Crippen molar-refractivity contribution in [2.24, 2.45) is 0 Å². The molecule has 1 fully saturated rings. The molecule has 1 saturated heterocycles. The molecular weight excluding hydrogens is 436 g/mol. The van der Waals surface area contributed by atoms with Gasteiger partial charge in [0.1, 0.15) is 5.75 Å². The number of hydrogen-bond donors (Lipinski definition) is 3. The highest BCUT2D eigenvalue weighted by Gasteiger charge is 2.28. The van der Waals surface area contributed by atoms with E-state index in [2.05, 4.69) is 15.5 Å². The summed E-state index contributed by atoms with van der Waals surface area (Å²) < 4.78 is 5.97. The topological polar surface area (TPSA) is 79.6 Å². The fourth-order valence-corrected chi connectivity index (χ4v) is 4.76. The van der Waals surface area contributed by atoms with E-state index in [-0.39, 0.29) is 5.91 Å². The van der Waals surface area contributed by atoms with Crippen molar-refractivity contribution in [1.82, 2.24) is 4.90 Å². The van der Waals surface area contributed by atoms with Crippen LogP contribution in [0, 0.1) is 0 Å². The predicted molar refractivity (Wildman–Crippen MR) is 143 cm³/mol. The van der Waals surface area contributed by atoms with Crippen molar-refractivity contribution in [3.8, 4) is 5.75 Å². The molecule has 6 heteroatoms. The Morgan fingerprint density at radius 3 is 2.51 bits per heavy atom. The van der Waals surface area contributed by atoms with Gasteiger partial charge in [-0.3, -0.25) is 4.79 Å². The lowest BCUT2D eigenvalue weighted by Gasteiger charge is -2.26. The van der Waals surface area contributed by atoms with Crippen LogP contribution in [0.3, 0.4) is 0 Å². The van der Waals surface area contributed by atoms with Crippen molar-refractivity contribution >= 4 is 34.2 Å². The summed E-state index contributed by atoms with van der Waals surface area (Å²) >= 11 is 0. The number of nitrogens with zero attached hydrogens (tertiary/aromatic N) is 1. The quantitative estimate of drug-likeness (QED) is 0.233. The van der Waals surface area contributed by atoms with E-state index in [0.717, 1.165) is 46.9 Å². The summed E-state index contributed by atoms with van der Waals surface area (Å²) in [4.78, 5) is 15.5. The van der Waals surface area contributed by atoms with Gasteiger partial charge in [-0.05, 0) is 80.4 Å². The number of benzene rings is 3. The number of fused-ring (bicyclic) bond motifs is 1. The summed E-state index contributed by atoms with van der Waals surface area (Å²) in [5.41, 5.74) is 11.3. The van der Waals surface area contributed by atoms with E-state index in [4.69, 9.17) is 10.5 Å². The van der Waals surface area contributed by atoms with Crippen LogP contribution in [0.2, 0.25) is 0 Å². The van der Waals surface area contributed by atoms with E-state index in [1.807, 2.05) is 66.7 Å². The SMILES string of the molecule is Nc1ccc2c(c1)C(=C(Nc1ccc(OCCCN3CCCCC3)cc1)c1ccccc1)C(=O)N2. The summed E-state index contributed by atoms with van der Waals surface area (Å²) in [6.45, 7) is 4.24. The van der Waals surface area contributed by atoms with Crippen molar-refractivity contribution < 1.29 is 9.53 Å². The molecule has 0 saturated carbocycles. The Bertz CT molecular complexity index is 1200. The molecule has 6 nitrogen and oxygen atoms in total. The average molecular weight is 469 g/mol. The molecule has 5 rings (SSSR count). The summed E-state index contributed by atoms with van der Waals surface area (Å²) in [5, 5.41) is 6.44. The Labute approximate surface area is 206 Å². The lowest BCUT2D eigenvalue weighted by atomic mass is 9.99. The van der Waals surface area contributed by atoms with E-state index >= 15 is 0 Å². The van der Waals surface area contributed by atoms with Gasteiger partial charge in [0.15, 0.2) is 0 Å². The number of hydrogen-bond acceptors (Lipinski definition) is 5. The van der Waals surface area contributed by atoms with E-state index in [9.17, 15) is 4.79 Å². The molecule has 180 valence electrons. The first-order valence-electron chi connectivity index (χ1n) is 12.4. The standard InChI is InChI=1S/C29H32N4O2/c30-22-10-15-26-25(20-22)27(29(34)32-26)28(21-8-3-1-4-9-21)31-23-11-13-24(14-12-23)35-19-7-18-33-16-5-2-6-17-33/h1,3-4,8-15,20,31H,2,5-7,16-19,30H2,(H,32,34). The van der Waals surface area contributed by atoms with E-state index in [1.165, 1.54) is 32.4 Å². The molecule has 0 radical (unpaired) electrons. The molecule has 3 aromatic rings. The third-order valence-corrected chi connectivity index (χ3v) is 6.56. The largest absolute Gasteiger partial charge is 0.494 e. The molecule has 4 N–H and O–H groups in total. The molecule has 1 amide bonds. The summed E-state index contributed by atoms with van der Waals surface area (Å²) in [6.07, 6.45) is 5.03. The van der Waals surface area contributed by atoms with Gasteiger partial charge < -0.3 is 26.0 Å². The number of ether oxygens (including phenoxy) is 1. The Balaban J connectivity index is 1.31. The second-order valence-corrected chi connectivity index (χ2v) is 9.13. The molecule has 3 aromatic carbocycles. The molecule has 0 atom stereocenters. The first-order valence-corrected chi connectivity index (χ1v) is 12.4. The third-order valence-electron chi connectivity index (χ3n) is 6.56. The maximum absolute atomic E-state index is 13.0. The Hall–Kier alpha value is -3.77.